The summed E-state index contributed by atoms with van der Waals surface area (Å²) < 4.78 is 5.38. The van der Waals surface area contributed by atoms with Crippen molar-refractivity contribution in [2.24, 2.45) is 11.8 Å². The van der Waals surface area contributed by atoms with Gasteiger partial charge >= 0.3 is 5.97 Å². The van der Waals surface area contributed by atoms with Gasteiger partial charge in [-0.15, -0.1) is 0 Å². The highest BCUT2D eigenvalue weighted by atomic mass is 16.6. The molecule has 0 radical (unpaired) electrons. The zero-order valence-electron chi connectivity index (χ0n) is 16.5. The largest absolute Gasteiger partial charge is 0.462 e. The lowest BCUT2D eigenvalue weighted by Gasteiger charge is -2.37. The third-order valence-corrected chi connectivity index (χ3v) is 5.61. The Labute approximate surface area is 169 Å². The molecule has 0 bridgehead atoms. The number of benzene rings is 2. The second kappa shape index (κ2) is 7.70. The number of non-ortho nitro benzene ring substituents is 1. The fourth-order valence-corrected chi connectivity index (χ4v) is 4.18. The molecular formula is C23H24N2O4. The molecule has 0 aromatic heterocycles. The summed E-state index contributed by atoms with van der Waals surface area (Å²) in [5, 5.41) is 14.5. The molecule has 0 amide bonds. The van der Waals surface area contributed by atoms with E-state index in [1.54, 1.807) is 18.2 Å². The number of hydrogen-bond donors (Lipinski definition) is 1. The van der Waals surface area contributed by atoms with Gasteiger partial charge in [0.2, 0.25) is 0 Å². The first kappa shape index (κ1) is 19.2. The predicted molar refractivity (Wildman–Crippen MR) is 111 cm³/mol. The van der Waals surface area contributed by atoms with Crippen LogP contribution in [-0.2, 0) is 4.74 Å². The van der Waals surface area contributed by atoms with E-state index in [1.807, 2.05) is 38.1 Å². The summed E-state index contributed by atoms with van der Waals surface area (Å²) in [6.07, 6.45) is 5.29. The molecule has 6 nitrogen and oxygen atoms in total. The van der Waals surface area contributed by atoms with Gasteiger partial charge in [0.05, 0.1) is 23.1 Å². The first-order valence-electron chi connectivity index (χ1n) is 9.92. The van der Waals surface area contributed by atoms with Crippen molar-refractivity contribution in [1.29, 1.82) is 0 Å². The number of anilines is 1. The van der Waals surface area contributed by atoms with E-state index in [9.17, 15) is 14.9 Å². The average Bonchev–Trinajstić information content (AvgIpc) is 3.21. The van der Waals surface area contributed by atoms with Crippen LogP contribution in [0.4, 0.5) is 11.4 Å². The van der Waals surface area contributed by atoms with Crippen LogP contribution in [-0.4, -0.2) is 17.5 Å². The number of nitrogens with zero attached hydrogens (tertiary/aromatic N) is 1. The first-order chi connectivity index (χ1) is 13.9. The monoisotopic (exact) mass is 392 g/mol. The normalized spacial score (nSPS) is 22.0. The van der Waals surface area contributed by atoms with E-state index in [4.69, 9.17) is 4.74 Å². The fraction of sp³-hybridized carbons (Fsp3) is 0.348. The minimum atomic E-state index is -0.382. The number of nitro groups is 1. The summed E-state index contributed by atoms with van der Waals surface area (Å²) in [7, 11) is 0. The van der Waals surface area contributed by atoms with E-state index >= 15 is 0 Å². The van der Waals surface area contributed by atoms with Crippen LogP contribution in [0.15, 0.2) is 54.6 Å². The van der Waals surface area contributed by atoms with E-state index in [0.717, 1.165) is 23.2 Å². The Bertz CT molecular complexity index is 965. The maximum absolute atomic E-state index is 12.4. The SMILES string of the molecule is CC(C)COC(=O)c1ccc2c(c1)[C@@H]1C=CC[C@H]1[C@@H](c1ccc([N+](=O)[O-])cc1)N2. The number of rotatable bonds is 5. The van der Waals surface area contributed by atoms with Gasteiger partial charge in [0.15, 0.2) is 0 Å². The van der Waals surface area contributed by atoms with Gasteiger partial charge in [0.25, 0.3) is 5.69 Å². The molecule has 1 aliphatic heterocycles. The van der Waals surface area contributed by atoms with Crippen molar-refractivity contribution in [1.82, 2.24) is 0 Å². The molecule has 1 N–H and O–H groups in total. The number of carbonyl (C=O) groups excluding carboxylic acids is 1. The average molecular weight is 392 g/mol. The summed E-state index contributed by atoms with van der Waals surface area (Å²) in [6, 6.07) is 12.5. The summed E-state index contributed by atoms with van der Waals surface area (Å²) >= 11 is 0. The van der Waals surface area contributed by atoms with Crippen LogP contribution >= 0.6 is 0 Å². The van der Waals surface area contributed by atoms with Crippen molar-refractivity contribution in [3.8, 4) is 0 Å². The molecule has 2 aromatic carbocycles. The fourth-order valence-electron chi connectivity index (χ4n) is 4.18. The third kappa shape index (κ3) is 3.75. The second-order valence-electron chi connectivity index (χ2n) is 8.12. The van der Waals surface area contributed by atoms with Crippen molar-refractivity contribution in [3.63, 3.8) is 0 Å². The predicted octanol–water partition coefficient (Wildman–Crippen LogP) is 5.23. The summed E-state index contributed by atoms with van der Waals surface area (Å²) in [5.74, 6) is 0.496. The Morgan fingerprint density at radius 1 is 1.24 bits per heavy atom. The third-order valence-electron chi connectivity index (χ3n) is 5.61. The highest BCUT2D eigenvalue weighted by Gasteiger charge is 2.38. The van der Waals surface area contributed by atoms with Crippen molar-refractivity contribution >= 4 is 17.3 Å². The highest BCUT2D eigenvalue weighted by molar-refractivity contribution is 5.90. The Hall–Kier alpha value is -3.15. The van der Waals surface area contributed by atoms with Crippen molar-refractivity contribution in [2.45, 2.75) is 32.2 Å². The van der Waals surface area contributed by atoms with Gasteiger partial charge in [-0.05, 0) is 47.6 Å². The lowest BCUT2D eigenvalue weighted by atomic mass is 9.76. The molecule has 2 aliphatic rings. The van der Waals surface area contributed by atoms with Crippen LogP contribution in [0.5, 0.6) is 0 Å². The molecule has 0 unspecified atom stereocenters. The Kier molecular flexibility index (Phi) is 5.09. The molecule has 0 saturated heterocycles. The van der Waals surface area contributed by atoms with Crippen molar-refractivity contribution in [3.05, 3.63) is 81.4 Å². The molecular weight excluding hydrogens is 368 g/mol. The van der Waals surface area contributed by atoms with E-state index in [-0.39, 0.29) is 28.5 Å². The standard InChI is InChI=1S/C23H24N2O4/c1-14(2)13-29-23(26)16-8-11-21-20(12-16)18-4-3-5-19(18)22(24-21)15-6-9-17(10-7-15)25(27)28/h3-4,6-12,14,18-19,22,24H,5,13H2,1-2H3/t18-,19-,22-/m1/s1. The van der Waals surface area contributed by atoms with Crippen molar-refractivity contribution in [2.75, 3.05) is 11.9 Å². The van der Waals surface area contributed by atoms with Gasteiger partial charge in [-0.25, -0.2) is 4.79 Å². The van der Waals surface area contributed by atoms with Crippen LogP contribution < -0.4 is 5.32 Å². The lowest BCUT2D eigenvalue weighted by Crippen LogP contribution is -2.29. The van der Waals surface area contributed by atoms with Crippen molar-refractivity contribution < 1.29 is 14.5 Å². The molecule has 3 atom stereocenters. The first-order valence-corrected chi connectivity index (χ1v) is 9.92. The minimum Gasteiger partial charge on any atom is -0.462 e. The number of carbonyl (C=O) groups is 1. The van der Waals surface area contributed by atoms with Crippen LogP contribution in [0.3, 0.4) is 0 Å². The molecule has 4 rings (SSSR count). The maximum atomic E-state index is 12.4. The molecule has 0 spiro atoms. The van der Waals surface area contributed by atoms with Crippen LogP contribution in [0.25, 0.3) is 0 Å². The molecule has 150 valence electrons. The van der Waals surface area contributed by atoms with Crippen LogP contribution in [0, 0.1) is 22.0 Å². The lowest BCUT2D eigenvalue weighted by molar-refractivity contribution is -0.384. The number of nitro benzene ring substituents is 1. The zero-order chi connectivity index (χ0) is 20.5. The number of hydrogen-bond acceptors (Lipinski definition) is 5. The Balaban J connectivity index is 1.62. The second-order valence-corrected chi connectivity index (χ2v) is 8.12. The summed E-state index contributed by atoms with van der Waals surface area (Å²) in [5.41, 5.74) is 3.78. The molecule has 0 fully saturated rings. The summed E-state index contributed by atoms with van der Waals surface area (Å²) in [4.78, 5) is 22.9. The number of nitrogens with one attached hydrogen (secondary N) is 1. The maximum Gasteiger partial charge on any atom is 0.338 e. The van der Waals surface area contributed by atoms with Crippen LogP contribution in [0.2, 0.25) is 0 Å². The zero-order valence-corrected chi connectivity index (χ0v) is 16.5. The smallest absolute Gasteiger partial charge is 0.338 e. The van der Waals surface area contributed by atoms with Gasteiger partial charge in [0, 0.05) is 23.7 Å². The quantitative estimate of drug-likeness (QED) is 0.326. The van der Waals surface area contributed by atoms with Gasteiger partial charge in [-0.3, -0.25) is 10.1 Å². The molecule has 6 heteroatoms. The van der Waals surface area contributed by atoms with Gasteiger partial charge < -0.3 is 10.1 Å². The molecule has 29 heavy (non-hydrogen) atoms. The van der Waals surface area contributed by atoms with Gasteiger partial charge in [-0.2, -0.15) is 0 Å². The molecule has 2 aromatic rings. The van der Waals surface area contributed by atoms with E-state index in [2.05, 4.69) is 17.5 Å². The summed E-state index contributed by atoms with van der Waals surface area (Å²) in [6.45, 7) is 4.43. The highest BCUT2D eigenvalue weighted by Crippen LogP contribution is 2.50. The number of esters is 1. The topological polar surface area (TPSA) is 81.5 Å². The molecule has 0 saturated carbocycles. The minimum absolute atomic E-state index is 0.0575. The number of fused-ring (bicyclic) bond motifs is 3. The molecule has 1 aliphatic carbocycles. The molecule has 1 heterocycles. The Morgan fingerprint density at radius 3 is 2.69 bits per heavy atom. The van der Waals surface area contributed by atoms with E-state index in [1.165, 1.54) is 0 Å². The van der Waals surface area contributed by atoms with Crippen LogP contribution in [0.1, 0.15) is 53.7 Å². The van der Waals surface area contributed by atoms with Gasteiger partial charge in [-0.1, -0.05) is 38.1 Å². The number of allylic oxidation sites excluding steroid dienone is 2. The number of ether oxygens (including phenoxy) is 1. The van der Waals surface area contributed by atoms with Gasteiger partial charge in [0.1, 0.15) is 0 Å². The Morgan fingerprint density at radius 2 is 2.00 bits per heavy atom. The van der Waals surface area contributed by atoms with E-state index < -0.39 is 0 Å². The van der Waals surface area contributed by atoms with E-state index in [0.29, 0.717) is 24.0 Å².